The zero-order valence-electron chi connectivity index (χ0n) is 16.9. The Kier molecular flexibility index (Phi) is 5.85. The van der Waals surface area contributed by atoms with Crippen molar-refractivity contribution in [1.29, 1.82) is 0 Å². The highest BCUT2D eigenvalue weighted by molar-refractivity contribution is 6.33. The summed E-state index contributed by atoms with van der Waals surface area (Å²) in [5.74, 6) is 0.912. The van der Waals surface area contributed by atoms with Gasteiger partial charge in [0.1, 0.15) is 5.75 Å². The highest BCUT2D eigenvalue weighted by atomic mass is 35.5. The first kappa shape index (κ1) is 20.2. The van der Waals surface area contributed by atoms with E-state index in [-0.39, 0.29) is 5.91 Å². The van der Waals surface area contributed by atoms with Gasteiger partial charge in [-0.1, -0.05) is 11.6 Å². The van der Waals surface area contributed by atoms with Crippen LogP contribution < -0.4 is 15.4 Å². The number of ether oxygens (including phenoxy) is 1. The maximum absolute atomic E-state index is 12.4. The van der Waals surface area contributed by atoms with Gasteiger partial charge in [-0.25, -0.2) is 9.97 Å². The van der Waals surface area contributed by atoms with Gasteiger partial charge in [0.05, 0.1) is 24.0 Å². The fraction of sp³-hybridized carbons (Fsp3) is 0.333. The molecular formula is C21H23ClN6O2. The molecule has 1 fully saturated rings. The molecule has 0 bridgehead atoms. The van der Waals surface area contributed by atoms with Gasteiger partial charge in [-0.2, -0.15) is 5.10 Å². The largest absolute Gasteiger partial charge is 0.495 e. The highest BCUT2D eigenvalue weighted by Crippen LogP contribution is 2.31. The summed E-state index contributed by atoms with van der Waals surface area (Å²) in [4.78, 5) is 21.2. The number of anilines is 2. The molecule has 30 heavy (non-hydrogen) atoms. The van der Waals surface area contributed by atoms with Crippen molar-refractivity contribution in [2.45, 2.75) is 31.7 Å². The molecule has 2 heterocycles. The Morgan fingerprint density at radius 2 is 2.00 bits per heavy atom. The summed E-state index contributed by atoms with van der Waals surface area (Å²) in [5, 5.41) is 10.7. The van der Waals surface area contributed by atoms with E-state index < -0.39 is 0 Å². The summed E-state index contributed by atoms with van der Waals surface area (Å²) < 4.78 is 7.07. The van der Waals surface area contributed by atoms with E-state index in [4.69, 9.17) is 16.3 Å². The zero-order valence-corrected chi connectivity index (χ0v) is 17.6. The average molecular weight is 427 g/mol. The molecule has 0 spiro atoms. The SMILES string of the molecule is COc1cc(C(=O)NC2CC2)cc(CCc2cnc(Nc3cnn(C)c3)nc2)c1Cl. The quantitative estimate of drug-likeness (QED) is 0.574. The molecule has 156 valence electrons. The summed E-state index contributed by atoms with van der Waals surface area (Å²) in [5.41, 5.74) is 3.21. The number of hydrogen-bond acceptors (Lipinski definition) is 6. The van der Waals surface area contributed by atoms with Crippen LogP contribution in [0, 0.1) is 0 Å². The van der Waals surface area contributed by atoms with Gasteiger partial charge >= 0.3 is 0 Å². The summed E-state index contributed by atoms with van der Waals surface area (Å²) in [6.45, 7) is 0. The van der Waals surface area contributed by atoms with Crippen LogP contribution in [0.1, 0.15) is 34.3 Å². The van der Waals surface area contributed by atoms with Gasteiger partial charge in [0.2, 0.25) is 5.95 Å². The first-order chi connectivity index (χ1) is 14.5. The van der Waals surface area contributed by atoms with Crippen LogP contribution in [-0.4, -0.2) is 38.8 Å². The molecule has 4 rings (SSSR count). The normalized spacial score (nSPS) is 13.2. The Balaban J connectivity index is 1.43. The Hall–Kier alpha value is -3.13. The summed E-state index contributed by atoms with van der Waals surface area (Å²) in [6, 6.07) is 3.81. The minimum atomic E-state index is -0.0946. The van der Waals surface area contributed by atoms with Crippen LogP contribution in [0.3, 0.4) is 0 Å². The number of carbonyl (C=O) groups excluding carboxylic acids is 1. The van der Waals surface area contributed by atoms with Gasteiger partial charge in [-0.05, 0) is 48.9 Å². The fourth-order valence-corrected chi connectivity index (χ4v) is 3.34. The van der Waals surface area contributed by atoms with Crippen LogP contribution in [-0.2, 0) is 19.9 Å². The monoisotopic (exact) mass is 426 g/mol. The standard InChI is InChI=1S/C21H23ClN6O2/c1-28-12-17(11-25-28)27-21-23-9-13(10-24-21)3-4-14-7-15(8-18(30-2)19(14)22)20(29)26-16-5-6-16/h7-12,16H,3-6H2,1-2H3,(H,26,29)(H,23,24,27). The van der Waals surface area contributed by atoms with Crippen molar-refractivity contribution in [2.24, 2.45) is 7.05 Å². The molecule has 1 aliphatic carbocycles. The minimum absolute atomic E-state index is 0.0946. The van der Waals surface area contributed by atoms with E-state index in [2.05, 4.69) is 25.7 Å². The molecule has 0 aliphatic heterocycles. The van der Waals surface area contributed by atoms with Crippen LogP contribution in [0.5, 0.6) is 5.75 Å². The van der Waals surface area contributed by atoms with Gasteiger partial charge < -0.3 is 15.4 Å². The van der Waals surface area contributed by atoms with Gasteiger partial charge in [-0.3, -0.25) is 9.48 Å². The van der Waals surface area contributed by atoms with E-state index in [0.717, 1.165) is 29.7 Å². The zero-order chi connectivity index (χ0) is 21.1. The number of aryl methyl sites for hydroxylation is 3. The van der Waals surface area contributed by atoms with Crippen molar-refractivity contribution in [3.63, 3.8) is 0 Å². The molecule has 1 aromatic carbocycles. The van der Waals surface area contributed by atoms with Crippen LogP contribution >= 0.6 is 11.6 Å². The van der Waals surface area contributed by atoms with Crippen molar-refractivity contribution in [2.75, 3.05) is 12.4 Å². The van der Waals surface area contributed by atoms with Crippen molar-refractivity contribution in [3.8, 4) is 5.75 Å². The van der Waals surface area contributed by atoms with Crippen LogP contribution in [0.4, 0.5) is 11.6 Å². The third-order valence-electron chi connectivity index (χ3n) is 4.86. The third-order valence-corrected chi connectivity index (χ3v) is 5.29. The van der Waals surface area contributed by atoms with Gasteiger partial charge in [0.25, 0.3) is 5.91 Å². The number of nitrogens with one attached hydrogen (secondary N) is 2. The van der Waals surface area contributed by atoms with Crippen molar-refractivity contribution < 1.29 is 9.53 Å². The average Bonchev–Trinajstić information content (AvgIpc) is 3.47. The van der Waals surface area contributed by atoms with E-state index in [9.17, 15) is 4.79 Å². The smallest absolute Gasteiger partial charge is 0.251 e. The lowest BCUT2D eigenvalue weighted by atomic mass is 10.0. The first-order valence-corrected chi connectivity index (χ1v) is 10.1. The van der Waals surface area contributed by atoms with Crippen molar-refractivity contribution >= 4 is 29.1 Å². The number of amides is 1. The molecule has 0 unspecified atom stereocenters. The maximum Gasteiger partial charge on any atom is 0.251 e. The van der Waals surface area contributed by atoms with E-state index in [1.165, 1.54) is 0 Å². The first-order valence-electron chi connectivity index (χ1n) is 9.75. The number of benzene rings is 1. The van der Waals surface area contributed by atoms with Crippen LogP contribution in [0.2, 0.25) is 5.02 Å². The molecule has 8 nitrogen and oxygen atoms in total. The van der Waals surface area contributed by atoms with Gasteiger partial charge in [-0.15, -0.1) is 0 Å². The molecule has 1 saturated carbocycles. The lowest BCUT2D eigenvalue weighted by molar-refractivity contribution is 0.0950. The van der Waals surface area contributed by atoms with E-state index in [1.54, 1.807) is 36.4 Å². The maximum atomic E-state index is 12.4. The molecule has 1 aliphatic rings. The number of halogens is 1. The number of methoxy groups -OCH3 is 1. The van der Waals surface area contributed by atoms with Crippen LogP contribution in [0.25, 0.3) is 0 Å². The van der Waals surface area contributed by atoms with E-state index in [0.29, 0.717) is 41.2 Å². The highest BCUT2D eigenvalue weighted by Gasteiger charge is 2.24. The number of rotatable bonds is 8. The minimum Gasteiger partial charge on any atom is -0.495 e. The Bertz CT molecular complexity index is 1050. The van der Waals surface area contributed by atoms with E-state index >= 15 is 0 Å². The third kappa shape index (κ3) is 4.88. The molecule has 1 amide bonds. The predicted molar refractivity (Wildman–Crippen MR) is 114 cm³/mol. The number of hydrogen-bond donors (Lipinski definition) is 2. The van der Waals surface area contributed by atoms with Gasteiger partial charge in [0, 0.05) is 37.2 Å². The second-order valence-corrected chi connectivity index (χ2v) is 7.72. The predicted octanol–water partition coefficient (Wildman–Crippen LogP) is 3.29. The number of carbonyl (C=O) groups is 1. The van der Waals surface area contributed by atoms with Crippen LogP contribution in [0.15, 0.2) is 36.9 Å². The molecule has 2 aromatic heterocycles. The molecular weight excluding hydrogens is 404 g/mol. The summed E-state index contributed by atoms with van der Waals surface area (Å²) in [7, 11) is 3.40. The van der Waals surface area contributed by atoms with Crippen molar-refractivity contribution in [1.82, 2.24) is 25.1 Å². The summed E-state index contributed by atoms with van der Waals surface area (Å²) in [6.07, 6.45) is 10.5. The van der Waals surface area contributed by atoms with E-state index in [1.807, 2.05) is 19.3 Å². The Morgan fingerprint density at radius 3 is 2.63 bits per heavy atom. The molecule has 2 N–H and O–H groups in total. The topological polar surface area (TPSA) is 94.0 Å². The molecule has 0 radical (unpaired) electrons. The summed E-state index contributed by atoms with van der Waals surface area (Å²) >= 11 is 6.48. The lowest BCUT2D eigenvalue weighted by Gasteiger charge is -2.12. The Labute approximate surface area is 179 Å². The lowest BCUT2D eigenvalue weighted by Crippen LogP contribution is -2.25. The second-order valence-electron chi connectivity index (χ2n) is 7.34. The second kappa shape index (κ2) is 8.71. The molecule has 0 atom stereocenters. The van der Waals surface area contributed by atoms with Gasteiger partial charge in [0.15, 0.2) is 0 Å². The molecule has 9 heteroatoms. The number of nitrogens with zero attached hydrogens (tertiary/aromatic N) is 4. The molecule has 0 saturated heterocycles. The van der Waals surface area contributed by atoms with Crippen molar-refractivity contribution in [3.05, 3.63) is 58.6 Å². The fourth-order valence-electron chi connectivity index (χ4n) is 3.06. The Morgan fingerprint density at radius 1 is 1.23 bits per heavy atom. The number of aromatic nitrogens is 4. The molecule has 3 aromatic rings.